The molecule has 4 rings (SSSR count). The number of nitriles is 1. The number of rotatable bonds is 2. The standard InChI is InChI=1S/C19H17N3O2S/c20-10-14-13-4-2-5-16(13)25-19(14)22-18(24)12-7-8-15-11(9-12)3-1-6-17(23)21-15/h7-9H,1-6H2,(H,21,23)(H,22,24). The van der Waals surface area contributed by atoms with Crippen molar-refractivity contribution >= 4 is 33.8 Å². The topological polar surface area (TPSA) is 82.0 Å². The number of nitrogens with zero attached hydrogens (tertiary/aromatic N) is 1. The van der Waals surface area contributed by atoms with Crippen molar-refractivity contribution in [3.63, 3.8) is 0 Å². The molecule has 1 aliphatic carbocycles. The first-order valence-electron chi connectivity index (χ1n) is 8.44. The molecule has 126 valence electrons. The summed E-state index contributed by atoms with van der Waals surface area (Å²) in [6.07, 6.45) is 5.04. The summed E-state index contributed by atoms with van der Waals surface area (Å²) in [5.74, 6) is -0.197. The van der Waals surface area contributed by atoms with Gasteiger partial charge in [-0.25, -0.2) is 0 Å². The van der Waals surface area contributed by atoms with Crippen LogP contribution in [-0.4, -0.2) is 11.8 Å². The van der Waals surface area contributed by atoms with E-state index >= 15 is 0 Å². The van der Waals surface area contributed by atoms with E-state index in [4.69, 9.17) is 0 Å². The molecule has 1 aliphatic heterocycles. The highest BCUT2D eigenvalue weighted by Gasteiger charge is 2.23. The zero-order valence-corrected chi connectivity index (χ0v) is 14.5. The second-order valence-electron chi connectivity index (χ2n) is 6.40. The number of fused-ring (bicyclic) bond motifs is 2. The molecule has 0 saturated heterocycles. The summed E-state index contributed by atoms with van der Waals surface area (Å²) in [6, 6.07) is 7.58. The molecule has 1 aromatic heterocycles. The molecule has 25 heavy (non-hydrogen) atoms. The molecule has 6 heteroatoms. The minimum absolute atomic E-state index is 0.0164. The minimum atomic E-state index is -0.213. The Hall–Kier alpha value is -2.65. The smallest absolute Gasteiger partial charge is 0.256 e. The van der Waals surface area contributed by atoms with Crippen LogP contribution in [0.3, 0.4) is 0 Å². The summed E-state index contributed by atoms with van der Waals surface area (Å²) in [7, 11) is 0. The molecule has 0 fully saturated rings. The van der Waals surface area contributed by atoms with E-state index in [2.05, 4.69) is 16.7 Å². The van der Waals surface area contributed by atoms with Gasteiger partial charge in [0.25, 0.3) is 5.91 Å². The van der Waals surface area contributed by atoms with E-state index in [1.54, 1.807) is 12.1 Å². The van der Waals surface area contributed by atoms with Crippen molar-refractivity contribution in [2.45, 2.75) is 38.5 Å². The molecule has 0 radical (unpaired) electrons. The highest BCUT2D eigenvalue weighted by atomic mass is 32.1. The van der Waals surface area contributed by atoms with Gasteiger partial charge in [-0.2, -0.15) is 5.26 Å². The first-order valence-corrected chi connectivity index (χ1v) is 9.26. The number of anilines is 2. The number of aryl methyl sites for hydroxylation is 2. The lowest BCUT2D eigenvalue weighted by Gasteiger charge is -2.09. The number of hydrogen-bond acceptors (Lipinski definition) is 4. The molecule has 2 aromatic rings. The van der Waals surface area contributed by atoms with Crippen molar-refractivity contribution in [1.82, 2.24) is 0 Å². The summed E-state index contributed by atoms with van der Waals surface area (Å²) in [5.41, 5.74) is 4.03. The zero-order valence-electron chi connectivity index (χ0n) is 13.6. The Kier molecular flexibility index (Phi) is 4.02. The van der Waals surface area contributed by atoms with Crippen LogP contribution in [0.5, 0.6) is 0 Å². The molecule has 0 saturated carbocycles. The third-order valence-corrected chi connectivity index (χ3v) is 5.96. The van der Waals surface area contributed by atoms with Gasteiger partial charge in [-0.15, -0.1) is 11.3 Å². The molecule has 0 spiro atoms. The minimum Gasteiger partial charge on any atom is -0.326 e. The van der Waals surface area contributed by atoms with Crippen LogP contribution in [0.1, 0.15) is 51.2 Å². The Balaban J connectivity index is 1.59. The molecular weight excluding hydrogens is 334 g/mol. The monoisotopic (exact) mass is 351 g/mol. The first-order chi connectivity index (χ1) is 12.2. The summed E-state index contributed by atoms with van der Waals surface area (Å²) < 4.78 is 0. The van der Waals surface area contributed by atoms with E-state index in [1.165, 1.54) is 16.2 Å². The normalized spacial score (nSPS) is 15.6. The molecule has 0 bridgehead atoms. The maximum atomic E-state index is 12.6. The van der Waals surface area contributed by atoms with Gasteiger partial charge in [0.05, 0.1) is 5.56 Å². The molecule has 5 nitrogen and oxygen atoms in total. The number of carbonyl (C=O) groups is 2. The maximum absolute atomic E-state index is 12.6. The van der Waals surface area contributed by atoms with Crippen LogP contribution in [0.15, 0.2) is 18.2 Å². The van der Waals surface area contributed by atoms with Crippen LogP contribution >= 0.6 is 11.3 Å². The van der Waals surface area contributed by atoms with E-state index in [9.17, 15) is 14.9 Å². The predicted octanol–water partition coefficient (Wildman–Crippen LogP) is 3.64. The summed E-state index contributed by atoms with van der Waals surface area (Å²) in [5, 5.41) is 15.9. The van der Waals surface area contributed by atoms with Gasteiger partial charge in [0.1, 0.15) is 11.1 Å². The lowest BCUT2D eigenvalue weighted by Crippen LogP contribution is -2.13. The van der Waals surface area contributed by atoms with E-state index in [0.717, 1.165) is 48.9 Å². The van der Waals surface area contributed by atoms with Gasteiger partial charge in [0.2, 0.25) is 5.91 Å². The second-order valence-corrected chi connectivity index (χ2v) is 7.51. The highest BCUT2D eigenvalue weighted by Crippen LogP contribution is 2.38. The SMILES string of the molecule is N#Cc1c(NC(=O)c2ccc3c(c2)CCCC(=O)N3)sc2c1CCC2. The fraction of sp³-hybridized carbons (Fsp3) is 0.316. The summed E-state index contributed by atoms with van der Waals surface area (Å²) >= 11 is 1.52. The molecule has 2 N–H and O–H groups in total. The highest BCUT2D eigenvalue weighted by molar-refractivity contribution is 7.16. The van der Waals surface area contributed by atoms with Crippen molar-refractivity contribution in [3.8, 4) is 6.07 Å². The largest absolute Gasteiger partial charge is 0.326 e. The van der Waals surface area contributed by atoms with Gasteiger partial charge >= 0.3 is 0 Å². The van der Waals surface area contributed by atoms with Crippen LogP contribution in [0.2, 0.25) is 0 Å². The predicted molar refractivity (Wildman–Crippen MR) is 97.0 cm³/mol. The Morgan fingerprint density at radius 3 is 2.88 bits per heavy atom. The molecule has 0 atom stereocenters. The third-order valence-electron chi connectivity index (χ3n) is 4.75. The van der Waals surface area contributed by atoms with E-state index in [1.807, 2.05) is 6.07 Å². The molecule has 2 amide bonds. The number of nitrogens with one attached hydrogen (secondary N) is 2. The zero-order chi connectivity index (χ0) is 17.4. The maximum Gasteiger partial charge on any atom is 0.256 e. The van der Waals surface area contributed by atoms with E-state index in [0.29, 0.717) is 22.5 Å². The van der Waals surface area contributed by atoms with Crippen LogP contribution in [-0.2, 0) is 24.1 Å². The number of carbonyl (C=O) groups excluding carboxylic acids is 2. The lowest BCUT2D eigenvalue weighted by molar-refractivity contribution is -0.116. The van der Waals surface area contributed by atoms with Gasteiger partial charge in [0.15, 0.2) is 0 Å². The Morgan fingerprint density at radius 2 is 2.04 bits per heavy atom. The Labute approximate surface area is 149 Å². The summed E-state index contributed by atoms with van der Waals surface area (Å²) in [4.78, 5) is 25.5. The van der Waals surface area contributed by atoms with Crippen molar-refractivity contribution in [2.24, 2.45) is 0 Å². The Bertz CT molecular complexity index is 923. The van der Waals surface area contributed by atoms with E-state index in [-0.39, 0.29) is 11.8 Å². The van der Waals surface area contributed by atoms with Crippen LogP contribution < -0.4 is 10.6 Å². The molecular formula is C19H17N3O2S. The van der Waals surface area contributed by atoms with Crippen molar-refractivity contribution in [2.75, 3.05) is 10.6 Å². The number of thiophene rings is 1. The third kappa shape index (κ3) is 2.92. The molecule has 2 heterocycles. The Morgan fingerprint density at radius 1 is 1.20 bits per heavy atom. The van der Waals surface area contributed by atoms with Crippen LogP contribution in [0.25, 0.3) is 0 Å². The number of amides is 2. The number of benzene rings is 1. The molecule has 1 aromatic carbocycles. The summed E-state index contributed by atoms with van der Waals surface area (Å²) in [6.45, 7) is 0. The molecule has 0 unspecified atom stereocenters. The van der Waals surface area contributed by atoms with Gasteiger partial charge in [-0.05, 0) is 61.4 Å². The van der Waals surface area contributed by atoms with Crippen LogP contribution in [0.4, 0.5) is 10.7 Å². The number of hydrogen-bond donors (Lipinski definition) is 2. The van der Waals surface area contributed by atoms with Crippen molar-refractivity contribution in [3.05, 3.63) is 45.3 Å². The fourth-order valence-electron chi connectivity index (χ4n) is 3.50. The molecule has 2 aliphatic rings. The van der Waals surface area contributed by atoms with E-state index < -0.39 is 0 Å². The van der Waals surface area contributed by atoms with Gasteiger partial charge in [0, 0.05) is 22.5 Å². The average molecular weight is 351 g/mol. The second kappa shape index (κ2) is 6.34. The van der Waals surface area contributed by atoms with Crippen molar-refractivity contribution < 1.29 is 9.59 Å². The van der Waals surface area contributed by atoms with Gasteiger partial charge in [-0.3, -0.25) is 9.59 Å². The van der Waals surface area contributed by atoms with Gasteiger partial charge in [-0.1, -0.05) is 0 Å². The first kappa shape index (κ1) is 15.9. The van der Waals surface area contributed by atoms with Gasteiger partial charge < -0.3 is 10.6 Å². The lowest BCUT2D eigenvalue weighted by atomic mass is 10.0. The quantitative estimate of drug-likeness (QED) is 0.867. The van der Waals surface area contributed by atoms with Crippen molar-refractivity contribution in [1.29, 1.82) is 5.26 Å². The van der Waals surface area contributed by atoms with Crippen LogP contribution in [0, 0.1) is 11.3 Å². The fourth-order valence-corrected chi connectivity index (χ4v) is 4.74. The average Bonchev–Trinajstić information content (AvgIpc) is 3.10.